The number of aliphatic hydroxyl groups is 1. The second-order valence-electron chi connectivity index (χ2n) is 10.4. The molecule has 3 nitrogen and oxygen atoms in total. The third-order valence-corrected chi connectivity index (χ3v) is 9.84. The lowest BCUT2D eigenvalue weighted by atomic mass is 9.66. The van der Waals surface area contributed by atoms with Crippen molar-refractivity contribution in [2.24, 2.45) is 17.3 Å². The predicted molar refractivity (Wildman–Crippen MR) is 135 cm³/mol. The SMILES string of the molecule is CCCCCC1(CC[C@@H]2[C@@H](CCCc3ccc(C(=O)OC)s3)[C@@H](Cl)C[C@H]2O)CCCCC1. The summed E-state index contributed by atoms with van der Waals surface area (Å²) in [6.07, 6.45) is 18.3. The number of alkyl halides is 1. The van der Waals surface area contributed by atoms with Crippen LogP contribution in [0, 0.1) is 17.3 Å². The first kappa shape index (κ1) is 26.0. The zero-order valence-electron chi connectivity index (χ0n) is 20.1. The standard InChI is InChI=1S/C27H43ClO3S/c1-3-4-6-15-27(16-7-5-8-17-27)18-14-22-21(23(28)19-24(22)29)11-9-10-20-12-13-25(32-20)26(30)31-2/h12-13,21-24,29H,3-11,14-19H2,1-2H3/t21-,22-,23+,24-/m1/s1. The van der Waals surface area contributed by atoms with Crippen LogP contribution in [-0.4, -0.2) is 29.7 Å². The molecular formula is C27H43ClO3S. The van der Waals surface area contributed by atoms with Crippen LogP contribution < -0.4 is 0 Å². The van der Waals surface area contributed by atoms with Crippen molar-refractivity contribution < 1.29 is 14.6 Å². The summed E-state index contributed by atoms with van der Waals surface area (Å²) in [7, 11) is 1.43. The van der Waals surface area contributed by atoms with Crippen molar-refractivity contribution in [1.29, 1.82) is 0 Å². The summed E-state index contributed by atoms with van der Waals surface area (Å²) in [5, 5.41) is 10.9. The summed E-state index contributed by atoms with van der Waals surface area (Å²) in [6, 6.07) is 3.90. The molecule has 2 saturated carbocycles. The number of rotatable bonds is 12. The molecule has 3 rings (SSSR count). The molecule has 0 radical (unpaired) electrons. The van der Waals surface area contributed by atoms with Gasteiger partial charge >= 0.3 is 5.97 Å². The minimum Gasteiger partial charge on any atom is -0.465 e. The summed E-state index contributed by atoms with van der Waals surface area (Å²) >= 11 is 8.29. The Bertz CT molecular complexity index is 697. The molecule has 0 aromatic carbocycles. The molecule has 1 aromatic rings. The number of ether oxygens (including phenoxy) is 1. The van der Waals surface area contributed by atoms with Crippen LogP contribution in [0.3, 0.4) is 0 Å². The first-order valence-electron chi connectivity index (χ1n) is 13.0. The van der Waals surface area contributed by atoms with E-state index in [2.05, 4.69) is 6.92 Å². The van der Waals surface area contributed by atoms with E-state index in [0.717, 1.165) is 32.1 Å². The Hall–Kier alpha value is -0.580. The Morgan fingerprint density at radius 1 is 1.12 bits per heavy atom. The van der Waals surface area contributed by atoms with Gasteiger partial charge < -0.3 is 9.84 Å². The second kappa shape index (κ2) is 12.8. The zero-order chi connectivity index (χ0) is 23.0. The third kappa shape index (κ3) is 6.96. The molecule has 0 bridgehead atoms. The molecule has 0 unspecified atom stereocenters. The molecule has 182 valence electrons. The van der Waals surface area contributed by atoms with Crippen LogP contribution in [0.4, 0.5) is 0 Å². The predicted octanol–water partition coefficient (Wildman–Crippen LogP) is 7.77. The highest BCUT2D eigenvalue weighted by molar-refractivity contribution is 7.13. The third-order valence-electron chi connectivity index (χ3n) is 8.22. The normalized spacial score (nSPS) is 27.5. The average Bonchev–Trinajstić information content (AvgIpc) is 3.37. The van der Waals surface area contributed by atoms with Gasteiger partial charge in [0.1, 0.15) is 4.88 Å². The van der Waals surface area contributed by atoms with E-state index in [0.29, 0.717) is 22.1 Å². The molecule has 1 N–H and O–H groups in total. The topological polar surface area (TPSA) is 46.5 Å². The van der Waals surface area contributed by atoms with Crippen LogP contribution >= 0.6 is 22.9 Å². The quantitative estimate of drug-likeness (QED) is 0.188. The molecule has 1 heterocycles. The summed E-state index contributed by atoms with van der Waals surface area (Å²) in [6.45, 7) is 2.29. The van der Waals surface area contributed by atoms with Crippen molar-refractivity contribution in [2.75, 3.05) is 7.11 Å². The van der Waals surface area contributed by atoms with Gasteiger partial charge in [-0.2, -0.15) is 0 Å². The Balaban J connectivity index is 1.53. The number of thiophene rings is 1. The molecule has 0 spiro atoms. The van der Waals surface area contributed by atoms with Gasteiger partial charge in [-0.3, -0.25) is 0 Å². The van der Waals surface area contributed by atoms with E-state index in [1.54, 1.807) is 0 Å². The number of hydrogen-bond donors (Lipinski definition) is 1. The van der Waals surface area contributed by atoms with Crippen LogP contribution in [0.5, 0.6) is 0 Å². The number of carbonyl (C=O) groups is 1. The van der Waals surface area contributed by atoms with Gasteiger partial charge in [0.15, 0.2) is 0 Å². The smallest absolute Gasteiger partial charge is 0.348 e. The fourth-order valence-corrected chi connectivity index (χ4v) is 7.78. The number of halogens is 1. The minimum atomic E-state index is -0.253. The number of unbranched alkanes of at least 4 members (excludes halogenated alkanes) is 2. The molecule has 1 aromatic heterocycles. The van der Waals surface area contributed by atoms with E-state index < -0.39 is 0 Å². The van der Waals surface area contributed by atoms with Crippen molar-refractivity contribution in [3.8, 4) is 0 Å². The second-order valence-corrected chi connectivity index (χ2v) is 12.1. The lowest BCUT2D eigenvalue weighted by Crippen LogP contribution is -2.28. The minimum absolute atomic E-state index is 0.0892. The average molecular weight is 483 g/mol. The maximum absolute atomic E-state index is 11.7. The van der Waals surface area contributed by atoms with Crippen LogP contribution in [0.2, 0.25) is 0 Å². The molecule has 5 heteroatoms. The number of carbonyl (C=O) groups excluding carboxylic acids is 1. The molecule has 32 heavy (non-hydrogen) atoms. The molecule has 0 amide bonds. The van der Waals surface area contributed by atoms with Crippen molar-refractivity contribution in [2.45, 2.75) is 115 Å². The molecule has 2 aliphatic rings. The highest BCUT2D eigenvalue weighted by atomic mass is 35.5. The highest BCUT2D eigenvalue weighted by Gasteiger charge is 2.42. The molecule has 0 saturated heterocycles. The summed E-state index contributed by atoms with van der Waals surface area (Å²) in [5.41, 5.74) is 0.517. The molecule has 0 aliphatic heterocycles. The van der Waals surface area contributed by atoms with E-state index in [-0.39, 0.29) is 17.5 Å². The Morgan fingerprint density at radius 3 is 2.62 bits per heavy atom. The summed E-state index contributed by atoms with van der Waals surface area (Å²) < 4.78 is 4.82. The largest absolute Gasteiger partial charge is 0.465 e. The van der Waals surface area contributed by atoms with E-state index >= 15 is 0 Å². The summed E-state index contributed by atoms with van der Waals surface area (Å²) in [4.78, 5) is 13.6. The number of aliphatic hydroxyl groups excluding tert-OH is 1. The number of hydrogen-bond acceptors (Lipinski definition) is 4. The van der Waals surface area contributed by atoms with Gasteiger partial charge in [-0.1, -0.05) is 45.4 Å². The van der Waals surface area contributed by atoms with Crippen LogP contribution in [0.1, 0.15) is 111 Å². The Morgan fingerprint density at radius 2 is 1.91 bits per heavy atom. The van der Waals surface area contributed by atoms with Gasteiger partial charge in [0.05, 0.1) is 13.2 Å². The maximum atomic E-state index is 11.7. The van der Waals surface area contributed by atoms with Gasteiger partial charge in [0.2, 0.25) is 0 Å². The van der Waals surface area contributed by atoms with Crippen molar-refractivity contribution in [3.63, 3.8) is 0 Å². The lowest BCUT2D eigenvalue weighted by molar-refractivity contribution is 0.0606. The van der Waals surface area contributed by atoms with Crippen LogP contribution in [-0.2, 0) is 11.2 Å². The van der Waals surface area contributed by atoms with Gasteiger partial charge in [0, 0.05) is 10.3 Å². The maximum Gasteiger partial charge on any atom is 0.348 e. The van der Waals surface area contributed by atoms with Gasteiger partial charge in [0.25, 0.3) is 0 Å². The molecule has 2 fully saturated rings. The molecular weight excluding hydrogens is 440 g/mol. The first-order valence-corrected chi connectivity index (χ1v) is 14.2. The fraction of sp³-hybridized carbons (Fsp3) is 0.815. The number of methoxy groups -OCH3 is 1. The van der Waals surface area contributed by atoms with Crippen molar-refractivity contribution in [3.05, 3.63) is 21.9 Å². The van der Waals surface area contributed by atoms with Crippen LogP contribution in [0.15, 0.2) is 12.1 Å². The Labute approximate surface area is 204 Å². The van der Waals surface area contributed by atoms with E-state index in [9.17, 15) is 9.90 Å². The highest BCUT2D eigenvalue weighted by Crippen LogP contribution is 2.48. The van der Waals surface area contributed by atoms with Gasteiger partial charge in [-0.15, -0.1) is 22.9 Å². The van der Waals surface area contributed by atoms with Crippen molar-refractivity contribution >= 4 is 28.9 Å². The van der Waals surface area contributed by atoms with E-state index in [4.69, 9.17) is 16.3 Å². The monoisotopic (exact) mass is 482 g/mol. The number of esters is 1. The molecule has 2 aliphatic carbocycles. The lowest BCUT2D eigenvalue weighted by Gasteiger charge is -2.39. The van der Waals surface area contributed by atoms with Gasteiger partial charge in [-0.25, -0.2) is 4.79 Å². The fourth-order valence-electron chi connectivity index (χ4n) is 6.32. The van der Waals surface area contributed by atoms with Crippen molar-refractivity contribution in [1.82, 2.24) is 0 Å². The molecule has 4 atom stereocenters. The zero-order valence-corrected chi connectivity index (χ0v) is 21.7. The summed E-state index contributed by atoms with van der Waals surface area (Å²) in [5.74, 6) is 0.496. The number of aryl methyl sites for hydroxylation is 1. The van der Waals surface area contributed by atoms with E-state index in [1.807, 2.05) is 12.1 Å². The van der Waals surface area contributed by atoms with Gasteiger partial charge in [-0.05, 0) is 87.2 Å². The Kier molecular flexibility index (Phi) is 10.4. The van der Waals surface area contributed by atoms with E-state index in [1.165, 1.54) is 87.5 Å². The van der Waals surface area contributed by atoms with Crippen LogP contribution in [0.25, 0.3) is 0 Å². The first-order chi connectivity index (χ1) is 15.5.